The quantitative estimate of drug-likeness (QED) is 0.685. The van der Waals surface area contributed by atoms with Crippen LogP contribution in [0.5, 0.6) is 0 Å². The molecule has 1 rings (SSSR count). The summed E-state index contributed by atoms with van der Waals surface area (Å²) < 4.78 is 0. The lowest BCUT2D eigenvalue weighted by Gasteiger charge is -2.25. The third kappa shape index (κ3) is 3.28. The van der Waals surface area contributed by atoms with E-state index in [9.17, 15) is 0 Å². The largest absolute Gasteiger partial charge is 0.250 e. The predicted molar refractivity (Wildman–Crippen MR) is 59.6 cm³/mol. The van der Waals surface area contributed by atoms with E-state index in [0.29, 0.717) is 0 Å². The minimum absolute atomic E-state index is 0.227. The first kappa shape index (κ1) is 11.0. The zero-order chi connectivity index (χ0) is 9.73. The van der Waals surface area contributed by atoms with Gasteiger partial charge in [0.1, 0.15) is 0 Å². The number of thiazole rings is 1. The van der Waals surface area contributed by atoms with E-state index < -0.39 is 0 Å². The van der Waals surface area contributed by atoms with Crippen LogP contribution < -0.4 is 0 Å². The van der Waals surface area contributed by atoms with Crippen LogP contribution in [0.25, 0.3) is 0 Å². The predicted octanol–water partition coefficient (Wildman–Crippen LogP) is 3.73. The van der Waals surface area contributed by atoms with Crippen molar-refractivity contribution in [2.75, 3.05) is 5.88 Å². The van der Waals surface area contributed by atoms with Crippen molar-refractivity contribution in [1.29, 1.82) is 0 Å². The van der Waals surface area contributed by atoms with E-state index in [1.165, 1.54) is 18.5 Å². The van der Waals surface area contributed by atoms with Gasteiger partial charge in [0.15, 0.2) is 0 Å². The van der Waals surface area contributed by atoms with Crippen LogP contribution in [0, 0.1) is 5.41 Å². The Morgan fingerprint density at radius 2 is 2.38 bits per heavy atom. The van der Waals surface area contributed by atoms with Gasteiger partial charge in [-0.25, -0.2) is 4.98 Å². The van der Waals surface area contributed by atoms with Crippen LogP contribution in [0.3, 0.4) is 0 Å². The highest BCUT2D eigenvalue weighted by Gasteiger charge is 2.23. The average Bonchev–Trinajstić information content (AvgIpc) is 2.57. The van der Waals surface area contributed by atoms with Gasteiger partial charge in [-0.15, -0.1) is 22.9 Å². The molecule has 0 bridgehead atoms. The van der Waals surface area contributed by atoms with Gasteiger partial charge in [-0.1, -0.05) is 20.3 Å². The van der Waals surface area contributed by atoms with Crippen molar-refractivity contribution in [3.8, 4) is 0 Å². The van der Waals surface area contributed by atoms with E-state index in [1.807, 2.05) is 5.51 Å². The third-order valence-corrected chi connectivity index (χ3v) is 3.55. The highest BCUT2D eigenvalue weighted by Crippen LogP contribution is 2.29. The molecule has 0 amide bonds. The molecule has 1 atom stereocenters. The molecule has 0 aliphatic heterocycles. The Labute approximate surface area is 89.1 Å². The first-order chi connectivity index (χ1) is 6.20. The summed E-state index contributed by atoms with van der Waals surface area (Å²) in [5, 5.41) is 2.11. The normalized spacial score (nSPS) is 15.6. The fraction of sp³-hybridized carbons (Fsp3) is 0.700. The Hall–Kier alpha value is -0.0800. The van der Waals surface area contributed by atoms with Gasteiger partial charge in [0.2, 0.25) is 0 Å². The summed E-state index contributed by atoms with van der Waals surface area (Å²) in [6, 6.07) is 0. The van der Waals surface area contributed by atoms with Gasteiger partial charge in [0.25, 0.3) is 0 Å². The second kappa shape index (κ2) is 4.97. The van der Waals surface area contributed by atoms with E-state index in [4.69, 9.17) is 11.6 Å². The Morgan fingerprint density at radius 1 is 1.62 bits per heavy atom. The third-order valence-electron chi connectivity index (χ3n) is 2.27. The van der Waals surface area contributed by atoms with Crippen LogP contribution >= 0.6 is 22.9 Å². The van der Waals surface area contributed by atoms with Crippen molar-refractivity contribution in [3.63, 3.8) is 0 Å². The summed E-state index contributed by atoms with van der Waals surface area (Å²) in [6.45, 7) is 4.44. The molecule has 0 N–H and O–H groups in total. The summed E-state index contributed by atoms with van der Waals surface area (Å²) in [5.41, 5.74) is 3.29. The van der Waals surface area contributed by atoms with Crippen molar-refractivity contribution in [3.05, 3.63) is 16.6 Å². The molecule has 0 aliphatic rings. The lowest BCUT2D eigenvalue weighted by atomic mass is 9.83. The number of alkyl halides is 1. The van der Waals surface area contributed by atoms with E-state index in [1.54, 1.807) is 11.3 Å². The van der Waals surface area contributed by atoms with Gasteiger partial charge in [0, 0.05) is 11.3 Å². The van der Waals surface area contributed by atoms with Crippen molar-refractivity contribution in [1.82, 2.24) is 4.98 Å². The van der Waals surface area contributed by atoms with Crippen molar-refractivity contribution in [2.45, 2.75) is 33.1 Å². The molecule has 0 aliphatic carbocycles. The van der Waals surface area contributed by atoms with E-state index in [0.717, 1.165) is 12.3 Å². The smallest absolute Gasteiger partial charge is 0.0794 e. The molecular weight excluding hydrogens is 202 g/mol. The van der Waals surface area contributed by atoms with Crippen LogP contribution in [0.15, 0.2) is 10.9 Å². The Bertz CT molecular complexity index is 235. The number of hydrogen-bond donors (Lipinski definition) is 0. The fourth-order valence-corrected chi connectivity index (χ4v) is 2.35. The number of rotatable bonds is 5. The molecule has 13 heavy (non-hydrogen) atoms. The molecule has 0 spiro atoms. The minimum atomic E-state index is 0.227. The van der Waals surface area contributed by atoms with Crippen molar-refractivity contribution < 1.29 is 0 Å². The topological polar surface area (TPSA) is 12.9 Å². The lowest BCUT2D eigenvalue weighted by Crippen LogP contribution is -2.21. The zero-order valence-corrected chi connectivity index (χ0v) is 9.79. The van der Waals surface area contributed by atoms with Crippen LogP contribution in [-0.2, 0) is 6.42 Å². The fourth-order valence-electron chi connectivity index (χ4n) is 1.57. The molecule has 1 nitrogen and oxygen atoms in total. The summed E-state index contributed by atoms with van der Waals surface area (Å²) in [7, 11) is 0. The Kier molecular flexibility index (Phi) is 4.20. The Morgan fingerprint density at radius 3 is 2.85 bits per heavy atom. The molecule has 0 aromatic carbocycles. The van der Waals surface area contributed by atoms with Gasteiger partial charge >= 0.3 is 0 Å². The molecule has 1 heterocycles. The van der Waals surface area contributed by atoms with Crippen LogP contribution in [0.4, 0.5) is 0 Å². The molecular formula is C10H16ClNS. The van der Waals surface area contributed by atoms with E-state index in [-0.39, 0.29) is 5.41 Å². The molecule has 1 unspecified atom stereocenters. The van der Waals surface area contributed by atoms with Gasteiger partial charge in [-0.05, 0) is 18.3 Å². The molecule has 0 saturated carbocycles. The standard InChI is InChI=1S/C10H16ClNS/c1-3-4-10(2,7-11)5-9-6-13-8-12-9/h6,8H,3-5,7H2,1-2H3. The lowest BCUT2D eigenvalue weighted by molar-refractivity contribution is 0.332. The number of halogens is 1. The molecule has 1 aromatic rings. The second-order valence-corrected chi connectivity index (χ2v) is 4.84. The van der Waals surface area contributed by atoms with Gasteiger partial charge < -0.3 is 0 Å². The van der Waals surface area contributed by atoms with Crippen LogP contribution in [0.1, 0.15) is 32.4 Å². The average molecular weight is 218 g/mol. The Balaban J connectivity index is 2.58. The molecule has 74 valence electrons. The molecule has 0 fully saturated rings. The molecule has 0 radical (unpaired) electrons. The first-order valence-corrected chi connectivity index (χ1v) is 6.11. The van der Waals surface area contributed by atoms with E-state index in [2.05, 4.69) is 24.2 Å². The molecule has 1 aromatic heterocycles. The van der Waals surface area contributed by atoms with Gasteiger partial charge in [0.05, 0.1) is 11.2 Å². The summed E-state index contributed by atoms with van der Waals surface area (Å²) in [6.07, 6.45) is 3.37. The zero-order valence-electron chi connectivity index (χ0n) is 8.22. The van der Waals surface area contributed by atoms with Gasteiger partial charge in [-0.3, -0.25) is 0 Å². The summed E-state index contributed by atoms with van der Waals surface area (Å²) >= 11 is 7.63. The van der Waals surface area contributed by atoms with Crippen LogP contribution in [0.2, 0.25) is 0 Å². The summed E-state index contributed by atoms with van der Waals surface area (Å²) in [4.78, 5) is 4.29. The van der Waals surface area contributed by atoms with Gasteiger partial charge in [-0.2, -0.15) is 0 Å². The van der Waals surface area contributed by atoms with Crippen molar-refractivity contribution in [2.24, 2.45) is 5.41 Å². The maximum atomic E-state index is 5.98. The first-order valence-electron chi connectivity index (χ1n) is 4.63. The minimum Gasteiger partial charge on any atom is -0.250 e. The summed E-state index contributed by atoms with van der Waals surface area (Å²) in [5.74, 6) is 0.721. The molecule has 0 saturated heterocycles. The van der Waals surface area contributed by atoms with Crippen LogP contribution in [-0.4, -0.2) is 10.9 Å². The van der Waals surface area contributed by atoms with Crippen molar-refractivity contribution >= 4 is 22.9 Å². The number of aromatic nitrogens is 1. The SMILES string of the molecule is CCCC(C)(CCl)Cc1cscn1. The van der Waals surface area contributed by atoms with E-state index >= 15 is 0 Å². The highest BCUT2D eigenvalue weighted by atomic mass is 35.5. The molecule has 3 heteroatoms. The maximum Gasteiger partial charge on any atom is 0.0794 e. The number of hydrogen-bond acceptors (Lipinski definition) is 2. The highest BCUT2D eigenvalue weighted by molar-refractivity contribution is 7.07. The maximum absolute atomic E-state index is 5.98. The number of nitrogens with zero attached hydrogens (tertiary/aromatic N) is 1. The monoisotopic (exact) mass is 217 g/mol. The second-order valence-electron chi connectivity index (χ2n) is 3.85.